The molecule has 1 N–H and O–H groups in total. The van der Waals surface area contributed by atoms with Gasteiger partial charge in [0.2, 0.25) is 0 Å². The fourth-order valence-electron chi connectivity index (χ4n) is 4.49. The second-order valence-corrected chi connectivity index (χ2v) is 7.76. The van der Waals surface area contributed by atoms with Gasteiger partial charge < -0.3 is 9.88 Å². The topological polar surface area (TPSA) is 53.9 Å². The monoisotopic (exact) mass is 424 g/mol. The molecule has 31 heavy (non-hydrogen) atoms. The van der Waals surface area contributed by atoms with Gasteiger partial charge in [0.1, 0.15) is 0 Å². The van der Waals surface area contributed by atoms with E-state index < -0.39 is 17.5 Å². The van der Waals surface area contributed by atoms with Crippen LogP contribution in [0.3, 0.4) is 0 Å². The summed E-state index contributed by atoms with van der Waals surface area (Å²) >= 11 is 0. The van der Waals surface area contributed by atoms with Crippen molar-refractivity contribution in [2.24, 2.45) is 7.05 Å². The average Bonchev–Trinajstić information content (AvgIpc) is 3.35. The molecule has 1 unspecified atom stereocenters. The van der Waals surface area contributed by atoms with Crippen molar-refractivity contribution < 1.29 is 18.0 Å². The molecule has 0 radical (unpaired) electrons. The van der Waals surface area contributed by atoms with Gasteiger partial charge in [0.05, 0.1) is 28.5 Å². The Kier molecular flexibility index (Phi) is 4.39. The third kappa shape index (κ3) is 2.93. The van der Waals surface area contributed by atoms with Crippen LogP contribution in [0.4, 0.5) is 13.2 Å². The lowest BCUT2D eigenvalue weighted by molar-refractivity contribution is 0.0675. The largest absolute Gasteiger partial charge is 0.361 e. The molecule has 0 spiro atoms. The highest BCUT2D eigenvalue weighted by atomic mass is 19.2. The molecule has 2 aromatic heterocycles. The van der Waals surface area contributed by atoms with Gasteiger partial charge in [-0.05, 0) is 37.6 Å². The fraction of sp³-hybridized carbons (Fsp3) is 0.217. The molecule has 5 nitrogen and oxygen atoms in total. The minimum Gasteiger partial charge on any atom is -0.361 e. The fourth-order valence-corrected chi connectivity index (χ4v) is 4.49. The number of aromatic nitrogens is 3. The molecule has 0 saturated heterocycles. The number of nitrogens with one attached hydrogen (secondary N) is 1. The number of carbonyl (C=O) groups is 1. The third-order valence-electron chi connectivity index (χ3n) is 5.98. The summed E-state index contributed by atoms with van der Waals surface area (Å²) in [5, 5.41) is 5.50. The van der Waals surface area contributed by atoms with Crippen LogP contribution >= 0.6 is 0 Å². The first-order valence-corrected chi connectivity index (χ1v) is 9.94. The van der Waals surface area contributed by atoms with Gasteiger partial charge in [-0.15, -0.1) is 0 Å². The van der Waals surface area contributed by atoms with Crippen molar-refractivity contribution in [1.29, 1.82) is 0 Å². The molecule has 3 heterocycles. The summed E-state index contributed by atoms with van der Waals surface area (Å²) in [5.41, 5.74) is 3.58. The molecule has 4 aromatic rings. The van der Waals surface area contributed by atoms with Crippen molar-refractivity contribution in [3.05, 3.63) is 76.9 Å². The SMILES string of the molecule is CC1c2nn(C)c(-c3cc(F)c(F)c(F)c3)c2CCN1C(=O)c1cccc2cc[nH]c12. The van der Waals surface area contributed by atoms with Crippen molar-refractivity contribution in [2.45, 2.75) is 19.4 Å². The molecule has 1 atom stereocenters. The normalized spacial score (nSPS) is 16.0. The molecule has 5 rings (SSSR count). The second-order valence-electron chi connectivity index (χ2n) is 7.76. The van der Waals surface area contributed by atoms with Crippen LogP contribution in [-0.4, -0.2) is 32.1 Å². The molecule has 0 saturated carbocycles. The molecular weight excluding hydrogens is 405 g/mol. The number of H-pyrrole nitrogens is 1. The summed E-state index contributed by atoms with van der Waals surface area (Å²) in [6.45, 7) is 2.31. The van der Waals surface area contributed by atoms with Gasteiger partial charge in [-0.3, -0.25) is 9.48 Å². The molecule has 1 aliphatic heterocycles. The van der Waals surface area contributed by atoms with Crippen LogP contribution in [0.5, 0.6) is 0 Å². The molecule has 0 fully saturated rings. The molecule has 158 valence electrons. The Morgan fingerprint density at radius 2 is 1.90 bits per heavy atom. The van der Waals surface area contributed by atoms with E-state index in [1.165, 1.54) is 4.68 Å². The molecule has 1 amide bonds. The average molecular weight is 424 g/mol. The Balaban J connectivity index is 1.54. The zero-order chi connectivity index (χ0) is 21.9. The summed E-state index contributed by atoms with van der Waals surface area (Å²) in [4.78, 5) is 18.2. The smallest absolute Gasteiger partial charge is 0.256 e. The van der Waals surface area contributed by atoms with Crippen molar-refractivity contribution in [3.63, 3.8) is 0 Å². The Labute approximate surface area is 176 Å². The summed E-state index contributed by atoms with van der Waals surface area (Å²) < 4.78 is 42.6. The minimum absolute atomic E-state index is 0.114. The van der Waals surface area contributed by atoms with E-state index in [0.717, 1.165) is 28.6 Å². The van der Waals surface area contributed by atoms with Gasteiger partial charge in [-0.25, -0.2) is 13.2 Å². The Morgan fingerprint density at radius 3 is 2.65 bits per heavy atom. The summed E-state index contributed by atoms with van der Waals surface area (Å²) in [6, 6.07) is 9.10. The first kappa shape index (κ1) is 19.4. The Bertz CT molecular complexity index is 1320. The van der Waals surface area contributed by atoms with Gasteiger partial charge in [0.15, 0.2) is 17.5 Å². The molecule has 8 heteroatoms. The zero-order valence-electron chi connectivity index (χ0n) is 16.9. The Morgan fingerprint density at radius 1 is 1.16 bits per heavy atom. The van der Waals surface area contributed by atoms with Crippen LogP contribution in [0.25, 0.3) is 22.2 Å². The van der Waals surface area contributed by atoms with E-state index in [4.69, 9.17) is 0 Å². The number of aromatic amines is 1. The van der Waals surface area contributed by atoms with E-state index in [1.807, 2.05) is 25.1 Å². The maximum Gasteiger partial charge on any atom is 0.256 e. The molecule has 1 aliphatic rings. The number of benzene rings is 2. The number of aryl methyl sites for hydroxylation is 1. The molecular formula is C23H19F3N4O. The first-order valence-electron chi connectivity index (χ1n) is 9.94. The predicted octanol–water partition coefficient (Wildman–Crippen LogP) is 4.75. The van der Waals surface area contributed by atoms with E-state index in [2.05, 4.69) is 10.1 Å². The summed E-state index contributed by atoms with van der Waals surface area (Å²) in [5.74, 6) is -4.10. The third-order valence-corrected chi connectivity index (χ3v) is 5.98. The number of rotatable bonds is 2. The number of para-hydroxylation sites is 1. The lowest BCUT2D eigenvalue weighted by Gasteiger charge is -2.33. The molecule has 0 bridgehead atoms. The van der Waals surface area contributed by atoms with E-state index in [1.54, 1.807) is 24.2 Å². The van der Waals surface area contributed by atoms with Gasteiger partial charge in [0.25, 0.3) is 5.91 Å². The van der Waals surface area contributed by atoms with Crippen molar-refractivity contribution in [2.75, 3.05) is 6.54 Å². The van der Waals surface area contributed by atoms with Crippen molar-refractivity contribution in [1.82, 2.24) is 19.7 Å². The summed E-state index contributed by atoms with van der Waals surface area (Å²) in [7, 11) is 1.67. The number of carbonyl (C=O) groups excluding carboxylic acids is 1. The number of halogens is 3. The number of hydrogen-bond acceptors (Lipinski definition) is 2. The zero-order valence-corrected chi connectivity index (χ0v) is 16.9. The number of fused-ring (bicyclic) bond motifs is 2. The van der Waals surface area contributed by atoms with Gasteiger partial charge in [0, 0.05) is 36.3 Å². The minimum atomic E-state index is -1.50. The molecule has 0 aliphatic carbocycles. The quantitative estimate of drug-likeness (QED) is 0.473. The van der Waals surface area contributed by atoms with E-state index in [0.29, 0.717) is 29.9 Å². The van der Waals surface area contributed by atoms with Crippen molar-refractivity contribution in [3.8, 4) is 11.3 Å². The van der Waals surface area contributed by atoms with E-state index in [-0.39, 0.29) is 17.5 Å². The van der Waals surface area contributed by atoms with Crippen molar-refractivity contribution >= 4 is 16.8 Å². The standard InChI is InChI=1S/C23H19F3N4O/c1-12-20-15(22(29(2)28-20)14-10-17(24)19(26)18(25)11-14)7-9-30(12)23(31)16-5-3-4-13-6-8-27-21(13)16/h3-6,8,10-12,27H,7,9H2,1-2H3. The number of amides is 1. The predicted molar refractivity (Wildman–Crippen MR) is 110 cm³/mol. The van der Waals surface area contributed by atoms with Gasteiger partial charge in [-0.2, -0.15) is 5.10 Å². The maximum absolute atomic E-state index is 13.8. The van der Waals surface area contributed by atoms with E-state index in [9.17, 15) is 18.0 Å². The highest BCUT2D eigenvalue weighted by molar-refractivity contribution is 6.05. The van der Waals surface area contributed by atoms with Crippen LogP contribution in [0.15, 0.2) is 42.6 Å². The second kappa shape index (κ2) is 7.01. The van der Waals surface area contributed by atoms with Gasteiger partial charge >= 0.3 is 0 Å². The van der Waals surface area contributed by atoms with Crippen LogP contribution in [0.2, 0.25) is 0 Å². The van der Waals surface area contributed by atoms with E-state index >= 15 is 0 Å². The van der Waals surface area contributed by atoms with Crippen LogP contribution in [0.1, 0.15) is 34.6 Å². The van der Waals surface area contributed by atoms with Crippen LogP contribution < -0.4 is 0 Å². The number of hydrogen-bond donors (Lipinski definition) is 1. The Hall–Kier alpha value is -3.55. The highest BCUT2D eigenvalue weighted by Gasteiger charge is 2.34. The van der Waals surface area contributed by atoms with Crippen LogP contribution in [0, 0.1) is 17.5 Å². The first-order chi connectivity index (χ1) is 14.9. The lowest BCUT2D eigenvalue weighted by atomic mass is 9.94. The summed E-state index contributed by atoms with van der Waals surface area (Å²) in [6.07, 6.45) is 2.26. The molecule has 2 aromatic carbocycles. The lowest BCUT2D eigenvalue weighted by Crippen LogP contribution is -2.39. The number of nitrogens with zero attached hydrogens (tertiary/aromatic N) is 3. The van der Waals surface area contributed by atoms with Crippen LogP contribution in [-0.2, 0) is 13.5 Å². The highest BCUT2D eigenvalue weighted by Crippen LogP contribution is 2.37. The van der Waals surface area contributed by atoms with Gasteiger partial charge in [-0.1, -0.05) is 12.1 Å². The maximum atomic E-state index is 13.8.